The van der Waals surface area contributed by atoms with Gasteiger partial charge in [-0.2, -0.15) is 0 Å². The van der Waals surface area contributed by atoms with Crippen molar-refractivity contribution in [2.75, 3.05) is 11.1 Å². The van der Waals surface area contributed by atoms with Gasteiger partial charge in [0.05, 0.1) is 16.4 Å². The van der Waals surface area contributed by atoms with Crippen LogP contribution < -0.4 is 11.1 Å². The van der Waals surface area contributed by atoms with E-state index in [0.717, 1.165) is 6.07 Å². The maximum absolute atomic E-state index is 12.9. The molecule has 4 nitrogen and oxygen atoms in total. The molecule has 0 spiro atoms. The fourth-order valence-corrected chi connectivity index (χ4v) is 1.67. The Labute approximate surface area is 113 Å². The molecule has 0 radical (unpaired) electrons. The first-order valence-electron chi connectivity index (χ1n) is 5.32. The number of phenolic OH excluding ortho intramolecular Hbond substituents is 1. The van der Waals surface area contributed by atoms with Crippen LogP contribution in [-0.2, 0) is 0 Å². The summed E-state index contributed by atoms with van der Waals surface area (Å²) < 4.78 is 12.9. The Morgan fingerprint density at radius 1 is 1.26 bits per heavy atom. The zero-order chi connectivity index (χ0) is 14.0. The van der Waals surface area contributed by atoms with Crippen molar-refractivity contribution in [2.24, 2.45) is 0 Å². The van der Waals surface area contributed by atoms with Gasteiger partial charge in [-0.05, 0) is 36.4 Å². The molecule has 0 aliphatic heterocycles. The molecule has 1 amide bonds. The average Bonchev–Trinajstić information content (AvgIpc) is 2.36. The van der Waals surface area contributed by atoms with Crippen LogP contribution in [0.3, 0.4) is 0 Å². The lowest BCUT2D eigenvalue weighted by atomic mass is 10.2. The smallest absolute Gasteiger partial charge is 0.255 e. The van der Waals surface area contributed by atoms with Crippen molar-refractivity contribution < 1.29 is 14.3 Å². The zero-order valence-corrected chi connectivity index (χ0v) is 10.4. The molecule has 0 heterocycles. The zero-order valence-electron chi connectivity index (χ0n) is 9.65. The van der Waals surface area contributed by atoms with Gasteiger partial charge in [-0.25, -0.2) is 4.39 Å². The van der Waals surface area contributed by atoms with Crippen LogP contribution in [-0.4, -0.2) is 11.0 Å². The SMILES string of the molecule is Nc1cc(F)ccc1NC(=O)c1ccc(O)c(Cl)c1. The van der Waals surface area contributed by atoms with E-state index in [4.69, 9.17) is 17.3 Å². The molecule has 0 saturated carbocycles. The summed E-state index contributed by atoms with van der Waals surface area (Å²) >= 11 is 5.71. The number of halogens is 2. The molecule has 0 aliphatic rings. The van der Waals surface area contributed by atoms with Crippen LogP contribution in [0.1, 0.15) is 10.4 Å². The number of anilines is 2. The van der Waals surface area contributed by atoms with Gasteiger partial charge < -0.3 is 16.2 Å². The number of nitrogen functional groups attached to an aromatic ring is 1. The molecule has 0 saturated heterocycles. The van der Waals surface area contributed by atoms with Gasteiger partial charge in [-0.3, -0.25) is 4.79 Å². The number of nitrogens with two attached hydrogens (primary N) is 1. The highest BCUT2D eigenvalue weighted by atomic mass is 35.5. The van der Waals surface area contributed by atoms with Crippen molar-refractivity contribution in [1.82, 2.24) is 0 Å². The molecule has 98 valence electrons. The van der Waals surface area contributed by atoms with Crippen LogP contribution in [0.5, 0.6) is 5.75 Å². The Morgan fingerprint density at radius 3 is 2.63 bits per heavy atom. The summed E-state index contributed by atoms with van der Waals surface area (Å²) in [6.45, 7) is 0. The Bertz CT molecular complexity index is 647. The number of benzene rings is 2. The van der Waals surface area contributed by atoms with Crippen LogP contribution in [0.4, 0.5) is 15.8 Å². The summed E-state index contributed by atoms with van der Waals surface area (Å²) in [7, 11) is 0. The highest BCUT2D eigenvalue weighted by molar-refractivity contribution is 6.32. The largest absolute Gasteiger partial charge is 0.506 e. The first-order valence-corrected chi connectivity index (χ1v) is 5.70. The van der Waals surface area contributed by atoms with E-state index in [1.165, 1.54) is 30.3 Å². The van der Waals surface area contributed by atoms with Crippen molar-refractivity contribution in [3.05, 3.63) is 52.8 Å². The monoisotopic (exact) mass is 280 g/mol. The third-order valence-electron chi connectivity index (χ3n) is 2.47. The number of rotatable bonds is 2. The Morgan fingerprint density at radius 2 is 2.00 bits per heavy atom. The van der Waals surface area contributed by atoms with E-state index in [-0.39, 0.29) is 22.0 Å². The van der Waals surface area contributed by atoms with Crippen LogP contribution >= 0.6 is 11.6 Å². The first kappa shape index (κ1) is 13.2. The maximum Gasteiger partial charge on any atom is 0.255 e. The van der Waals surface area contributed by atoms with Gasteiger partial charge in [0.1, 0.15) is 11.6 Å². The number of carbonyl (C=O) groups excluding carboxylic acids is 1. The fourth-order valence-electron chi connectivity index (χ4n) is 1.49. The molecule has 2 aromatic rings. The Kier molecular flexibility index (Phi) is 3.57. The van der Waals surface area contributed by atoms with E-state index >= 15 is 0 Å². The highest BCUT2D eigenvalue weighted by Crippen LogP contribution is 2.25. The molecule has 0 unspecified atom stereocenters. The molecule has 19 heavy (non-hydrogen) atoms. The minimum atomic E-state index is -0.483. The number of aromatic hydroxyl groups is 1. The molecule has 6 heteroatoms. The summed E-state index contributed by atoms with van der Waals surface area (Å²) in [6, 6.07) is 7.72. The molecule has 0 bridgehead atoms. The summed E-state index contributed by atoms with van der Waals surface area (Å²) in [6.07, 6.45) is 0. The lowest BCUT2D eigenvalue weighted by Crippen LogP contribution is -2.13. The lowest BCUT2D eigenvalue weighted by Gasteiger charge is -2.08. The van der Waals surface area contributed by atoms with Crippen LogP contribution in [0.2, 0.25) is 5.02 Å². The minimum Gasteiger partial charge on any atom is -0.506 e. The number of hydrogen-bond donors (Lipinski definition) is 3. The topological polar surface area (TPSA) is 75.3 Å². The van der Waals surface area contributed by atoms with Gasteiger partial charge in [0.2, 0.25) is 0 Å². The quantitative estimate of drug-likeness (QED) is 0.740. The molecule has 0 atom stereocenters. The molecule has 0 fully saturated rings. The Hall–Kier alpha value is -2.27. The van der Waals surface area contributed by atoms with E-state index in [2.05, 4.69) is 5.32 Å². The number of amides is 1. The van der Waals surface area contributed by atoms with Gasteiger partial charge in [-0.1, -0.05) is 11.6 Å². The second kappa shape index (κ2) is 5.16. The van der Waals surface area contributed by atoms with Crippen molar-refractivity contribution in [3.8, 4) is 5.75 Å². The minimum absolute atomic E-state index is 0.0692. The maximum atomic E-state index is 12.9. The molecular formula is C13H10ClFN2O2. The second-order valence-corrected chi connectivity index (χ2v) is 4.26. The van der Waals surface area contributed by atoms with Crippen LogP contribution in [0, 0.1) is 5.82 Å². The summed E-state index contributed by atoms with van der Waals surface area (Å²) in [5.74, 6) is -1.05. The van der Waals surface area contributed by atoms with Gasteiger partial charge in [-0.15, -0.1) is 0 Å². The van der Waals surface area contributed by atoms with Gasteiger partial charge >= 0.3 is 0 Å². The predicted molar refractivity (Wildman–Crippen MR) is 71.9 cm³/mol. The van der Waals surface area contributed by atoms with E-state index in [9.17, 15) is 14.3 Å². The van der Waals surface area contributed by atoms with Crippen molar-refractivity contribution in [2.45, 2.75) is 0 Å². The average molecular weight is 281 g/mol. The number of hydrogen-bond acceptors (Lipinski definition) is 3. The molecule has 0 aliphatic carbocycles. The fraction of sp³-hybridized carbons (Fsp3) is 0. The summed E-state index contributed by atoms with van der Waals surface area (Å²) in [5.41, 5.74) is 6.26. The van der Waals surface area contributed by atoms with E-state index in [1.807, 2.05) is 0 Å². The predicted octanol–water partition coefficient (Wildman–Crippen LogP) is 3.02. The third kappa shape index (κ3) is 2.95. The van der Waals surface area contributed by atoms with E-state index in [0.29, 0.717) is 5.69 Å². The highest BCUT2D eigenvalue weighted by Gasteiger charge is 2.10. The lowest BCUT2D eigenvalue weighted by molar-refractivity contribution is 0.102. The van der Waals surface area contributed by atoms with Crippen LogP contribution in [0.25, 0.3) is 0 Å². The van der Waals surface area contributed by atoms with Gasteiger partial charge in [0, 0.05) is 5.56 Å². The molecular weight excluding hydrogens is 271 g/mol. The first-order chi connectivity index (χ1) is 8.97. The number of nitrogens with one attached hydrogen (secondary N) is 1. The summed E-state index contributed by atoms with van der Waals surface area (Å²) in [4.78, 5) is 11.9. The standard InChI is InChI=1S/C13H10ClFN2O2/c14-9-5-7(1-4-12(9)18)13(19)17-11-3-2-8(15)6-10(11)16/h1-6,18H,16H2,(H,17,19). The van der Waals surface area contributed by atoms with Crippen molar-refractivity contribution in [3.63, 3.8) is 0 Å². The van der Waals surface area contributed by atoms with Gasteiger partial charge in [0.25, 0.3) is 5.91 Å². The van der Waals surface area contributed by atoms with Gasteiger partial charge in [0.15, 0.2) is 0 Å². The van der Waals surface area contributed by atoms with E-state index < -0.39 is 11.7 Å². The second-order valence-electron chi connectivity index (χ2n) is 3.85. The van der Waals surface area contributed by atoms with E-state index in [1.54, 1.807) is 0 Å². The number of carbonyl (C=O) groups is 1. The molecule has 0 aromatic heterocycles. The van der Waals surface area contributed by atoms with Crippen LogP contribution in [0.15, 0.2) is 36.4 Å². The third-order valence-corrected chi connectivity index (χ3v) is 2.77. The molecule has 2 aromatic carbocycles. The summed E-state index contributed by atoms with van der Waals surface area (Å²) in [5, 5.41) is 11.9. The number of phenols is 1. The molecule has 2 rings (SSSR count). The normalized spacial score (nSPS) is 10.2. The molecule has 4 N–H and O–H groups in total. The Balaban J connectivity index is 2.23. The van der Waals surface area contributed by atoms with Crippen molar-refractivity contribution in [1.29, 1.82) is 0 Å². The van der Waals surface area contributed by atoms with Crippen molar-refractivity contribution >= 4 is 28.9 Å².